The van der Waals surface area contributed by atoms with Crippen LogP contribution in [0.5, 0.6) is 0 Å². The summed E-state index contributed by atoms with van der Waals surface area (Å²) in [5.41, 5.74) is 7.98. The molecule has 0 aliphatic heterocycles. The fraction of sp³-hybridized carbons (Fsp3) is 0.200. The Morgan fingerprint density at radius 2 is 2.10 bits per heavy atom. The van der Waals surface area contributed by atoms with Crippen molar-refractivity contribution in [2.45, 2.75) is 20.3 Å². The minimum Gasteiger partial charge on any atom is -0.368 e. The molecule has 4 nitrogen and oxygen atoms in total. The number of benzene rings is 1. The highest BCUT2D eigenvalue weighted by atomic mass is 79.9. The second-order valence-electron chi connectivity index (χ2n) is 4.80. The summed E-state index contributed by atoms with van der Waals surface area (Å²) >= 11 is 5.14. The molecule has 0 spiro atoms. The first-order valence-electron chi connectivity index (χ1n) is 6.66. The highest BCUT2D eigenvalue weighted by Gasteiger charge is 2.11. The molecular formula is C15H15BrN4S. The van der Waals surface area contributed by atoms with Crippen LogP contribution < -0.4 is 11.1 Å². The molecule has 0 unspecified atom stereocenters. The Balaban J connectivity index is 2.08. The van der Waals surface area contributed by atoms with Crippen LogP contribution in [0.15, 0.2) is 28.7 Å². The molecular weight excluding hydrogens is 348 g/mol. The van der Waals surface area contributed by atoms with Crippen LogP contribution in [0.4, 0.5) is 17.5 Å². The highest BCUT2D eigenvalue weighted by Crippen LogP contribution is 2.32. The van der Waals surface area contributed by atoms with Crippen molar-refractivity contribution in [3.63, 3.8) is 0 Å². The third-order valence-corrected chi connectivity index (χ3v) is 4.92. The molecule has 0 saturated carbocycles. The first kappa shape index (κ1) is 14.3. The maximum Gasteiger partial charge on any atom is 0.223 e. The van der Waals surface area contributed by atoms with Gasteiger partial charge in [0, 0.05) is 15.0 Å². The van der Waals surface area contributed by atoms with Crippen LogP contribution in [0.25, 0.3) is 10.2 Å². The van der Waals surface area contributed by atoms with Crippen LogP contribution in [-0.4, -0.2) is 9.97 Å². The van der Waals surface area contributed by atoms with Gasteiger partial charge in [0.15, 0.2) is 0 Å². The molecule has 1 aromatic carbocycles. The summed E-state index contributed by atoms with van der Waals surface area (Å²) in [6.45, 7) is 4.19. The minimum absolute atomic E-state index is 0.296. The van der Waals surface area contributed by atoms with E-state index < -0.39 is 0 Å². The summed E-state index contributed by atoms with van der Waals surface area (Å²) in [4.78, 5) is 10.9. The lowest BCUT2D eigenvalue weighted by molar-refractivity contribution is 1.19. The number of fused-ring (bicyclic) bond motifs is 1. The fourth-order valence-corrected chi connectivity index (χ4v) is 3.60. The second-order valence-corrected chi connectivity index (χ2v) is 6.83. The number of aryl methyl sites for hydroxylation is 2. The Labute approximate surface area is 135 Å². The van der Waals surface area contributed by atoms with Gasteiger partial charge in [-0.1, -0.05) is 22.9 Å². The number of hydrogen-bond acceptors (Lipinski definition) is 5. The molecule has 2 heterocycles. The third-order valence-electron chi connectivity index (χ3n) is 3.25. The predicted molar refractivity (Wildman–Crippen MR) is 93.4 cm³/mol. The number of nitrogen functional groups attached to an aromatic ring is 1. The highest BCUT2D eigenvalue weighted by molar-refractivity contribution is 9.10. The second kappa shape index (κ2) is 5.61. The van der Waals surface area contributed by atoms with E-state index in [4.69, 9.17) is 5.73 Å². The Morgan fingerprint density at radius 1 is 1.29 bits per heavy atom. The quantitative estimate of drug-likeness (QED) is 0.711. The van der Waals surface area contributed by atoms with Crippen molar-refractivity contribution in [3.8, 4) is 0 Å². The van der Waals surface area contributed by atoms with E-state index in [1.54, 1.807) is 11.3 Å². The van der Waals surface area contributed by atoms with Crippen LogP contribution in [0.3, 0.4) is 0 Å². The molecule has 108 valence electrons. The SMILES string of the molecule is CCc1cc2c(Nc3ccc(Br)cc3C)nc(N)nc2s1. The van der Waals surface area contributed by atoms with E-state index in [1.165, 1.54) is 4.88 Å². The van der Waals surface area contributed by atoms with Crippen molar-refractivity contribution >= 4 is 54.9 Å². The monoisotopic (exact) mass is 362 g/mol. The third kappa shape index (κ3) is 2.87. The van der Waals surface area contributed by atoms with E-state index in [0.717, 1.165) is 38.2 Å². The fourth-order valence-electron chi connectivity index (χ4n) is 2.15. The molecule has 0 bridgehead atoms. The number of nitrogens with one attached hydrogen (secondary N) is 1. The van der Waals surface area contributed by atoms with Gasteiger partial charge in [0.05, 0.1) is 5.39 Å². The molecule has 3 aromatic rings. The lowest BCUT2D eigenvalue weighted by Crippen LogP contribution is -2.01. The number of thiophene rings is 1. The van der Waals surface area contributed by atoms with Crippen molar-refractivity contribution in [2.75, 3.05) is 11.1 Å². The number of anilines is 3. The molecule has 0 aliphatic rings. The van der Waals surface area contributed by atoms with Crippen molar-refractivity contribution in [3.05, 3.63) is 39.2 Å². The Hall–Kier alpha value is -1.66. The van der Waals surface area contributed by atoms with Gasteiger partial charge in [0.25, 0.3) is 0 Å². The summed E-state index contributed by atoms with van der Waals surface area (Å²) in [5.74, 6) is 1.06. The summed E-state index contributed by atoms with van der Waals surface area (Å²) < 4.78 is 1.06. The van der Waals surface area contributed by atoms with Gasteiger partial charge in [0.1, 0.15) is 10.6 Å². The van der Waals surface area contributed by atoms with Crippen LogP contribution in [0.1, 0.15) is 17.4 Å². The molecule has 0 atom stereocenters. The molecule has 0 aliphatic carbocycles. The average molecular weight is 363 g/mol. The van der Waals surface area contributed by atoms with E-state index in [2.05, 4.69) is 57.2 Å². The van der Waals surface area contributed by atoms with Gasteiger partial charge < -0.3 is 11.1 Å². The first-order chi connectivity index (χ1) is 10.1. The lowest BCUT2D eigenvalue weighted by atomic mass is 10.2. The Kier molecular flexibility index (Phi) is 3.82. The van der Waals surface area contributed by atoms with E-state index in [9.17, 15) is 0 Å². The number of aromatic nitrogens is 2. The molecule has 0 saturated heterocycles. The van der Waals surface area contributed by atoms with Gasteiger partial charge in [-0.25, -0.2) is 4.98 Å². The summed E-state index contributed by atoms with van der Waals surface area (Å²) in [7, 11) is 0. The molecule has 6 heteroatoms. The van der Waals surface area contributed by atoms with E-state index >= 15 is 0 Å². The van der Waals surface area contributed by atoms with E-state index in [0.29, 0.717) is 5.95 Å². The molecule has 2 aromatic heterocycles. The van der Waals surface area contributed by atoms with Crippen molar-refractivity contribution in [1.29, 1.82) is 0 Å². The normalized spacial score (nSPS) is 11.0. The van der Waals surface area contributed by atoms with E-state index in [-0.39, 0.29) is 0 Å². The smallest absolute Gasteiger partial charge is 0.223 e. The summed E-state index contributed by atoms with van der Waals surface area (Å²) in [5, 5.41) is 4.40. The average Bonchev–Trinajstić information content (AvgIpc) is 2.85. The summed E-state index contributed by atoms with van der Waals surface area (Å²) in [6.07, 6.45) is 0.984. The molecule has 0 radical (unpaired) electrons. The number of nitrogens with zero attached hydrogens (tertiary/aromatic N) is 2. The van der Waals surface area contributed by atoms with Gasteiger partial charge >= 0.3 is 0 Å². The number of nitrogens with two attached hydrogens (primary N) is 1. The molecule has 0 amide bonds. The van der Waals surface area contributed by atoms with Crippen LogP contribution in [0, 0.1) is 6.92 Å². The largest absolute Gasteiger partial charge is 0.368 e. The van der Waals surface area contributed by atoms with E-state index in [1.807, 2.05) is 12.1 Å². The first-order valence-corrected chi connectivity index (χ1v) is 8.27. The zero-order valence-corrected chi connectivity index (χ0v) is 14.2. The van der Waals surface area contributed by atoms with Gasteiger partial charge in [-0.05, 0) is 43.2 Å². The molecule has 0 fully saturated rings. The van der Waals surface area contributed by atoms with Crippen molar-refractivity contribution in [1.82, 2.24) is 9.97 Å². The number of hydrogen-bond donors (Lipinski definition) is 2. The van der Waals surface area contributed by atoms with Crippen LogP contribution in [-0.2, 0) is 6.42 Å². The minimum atomic E-state index is 0.296. The van der Waals surface area contributed by atoms with Gasteiger partial charge in [-0.2, -0.15) is 4.98 Å². The Bertz CT molecular complexity index is 813. The predicted octanol–water partition coefficient (Wildman–Crippen LogP) is 4.65. The maximum atomic E-state index is 5.83. The Morgan fingerprint density at radius 3 is 2.81 bits per heavy atom. The molecule has 21 heavy (non-hydrogen) atoms. The van der Waals surface area contributed by atoms with Crippen LogP contribution in [0.2, 0.25) is 0 Å². The molecule has 3 N–H and O–H groups in total. The topological polar surface area (TPSA) is 63.8 Å². The summed E-state index contributed by atoms with van der Waals surface area (Å²) in [6, 6.07) is 8.23. The van der Waals surface area contributed by atoms with Crippen molar-refractivity contribution < 1.29 is 0 Å². The lowest BCUT2D eigenvalue weighted by Gasteiger charge is -2.10. The van der Waals surface area contributed by atoms with Gasteiger partial charge in [0.2, 0.25) is 5.95 Å². The standard InChI is InChI=1S/C15H15BrN4S/c1-3-10-7-11-13(19-15(17)20-14(11)21-10)18-12-5-4-9(16)6-8(12)2/h4-7H,3H2,1-2H3,(H3,17,18,19,20). The molecule has 3 rings (SSSR count). The number of rotatable bonds is 3. The zero-order chi connectivity index (χ0) is 15.0. The van der Waals surface area contributed by atoms with Crippen LogP contribution >= 0.6 is 27.3 Å². The van der Waals surface area contributed by atoms with Crippen molar-refractivity contribution in [2.24, 2.45) is 0 Å². The van der Waals surface area contributed by atoms with Gasteiger partial charge in [-0.3, -0.25) is 0 Å². The zero-order valence-electron chi connectivity index (χ0n) is 11.8. The maximum absolute atomic E-state index is 5.83. The number of halogens is 1. The van der Waals surface area contributed by atoms with Gasteiger partial charge in [-0.15, -0.1) is 11.3 Å².